The number of rotatable bonds is 10. The molecule has 2 fully saturated rings. The third-order valence-corrected chi connectivity index (χ3v) is 8.42. The van der Waals surface area contributed by atoms with Gasteiger partial charge in [-0.1, -0.05) is 42.5 Å². The molecule has 1 saturated carbocycles. The fraction of sp³-hybridized carbons (Fsp3) is 0.438. The lowest BCUT2D eigenvalue weighted by atomic mass is 9.97. The van der Waals surface area contributed by atoms with Gasteiger partial charge in [-0.2, -0.15) is 0 Å². The summed E-state index contributed by atoms with van der Waals surface area (Å²) in [6, 6.07) is 15.2. The molecular formula is C32H39N5O2. The zero-order valence-corrected chi connectivity index (χ0v) is 23.1. The maximum Gasteiger partial charge on any atom is 0.255 e. The van der Waals surface area contributed by atoms with Crippen molar-refractivity contribution in [2.45, 2.75) is 38.3 Å². The highest BCUT2D eigenvalue weighted by atomic mass is 16.5. The Kier molecular flexibility index (Phi) is 7.53. The predicted molar refractivity (Wildman–Crippen MR) is 155 cm³/mol. The molecule has 4 aromatic rings. The van der Waals surface area contributed by atoms with Gasteiger partial charge in [0, 0.05) is 70.5 Å². The lowest BCUT2D eigenvalue weighted by Crippen LogP contribution is -2.36. The molecule has 2 aliphatic rings. The highest BCUT2D eigenvalue weighted by Crippen LogP contribution is 2.34. The van der Waals surface area contributed by atoms with Crippen molar-refractivity contribution in [3.8, 4) is 11.1 Å². The lowest BCUT2D eigenvalue weighted by molar-refractivity contribution is 0.0745. The Labute approximate surface area is 231 Å². The van der Waals surface area contributed by atoms with Crippen molar-refractivity contribution in [3.05, 3.63) is 78.6 Å². The van der Waals surface area contributed by atoms with Crippen molar-refractivity contribution in [1.82, 2.24) is 23.9 Å². The third-order valence-electron chi connectivity index (χ3n) is 8.42. The first-order chi connectivity index (χ1) is 19.1. The molecule has 7 heteroatoms. The number of benzene rings is 2. The Morgan fingerprint density at radius 2 is 1.82 bits per heavy atom. The Balaban J connectivity index is 1.29. The number of methoxy groups -OCH3 is 1. The van der Waals surface area contributed by atoms with Gasteiger partial charge >= 0.3 is 0 Å². The predicted octanol–water partition coefficient (Wildman–Crippen LogP) is 5.32. The number of aromatic nitrogens is 3. The summed E-state index contributed by atoms with van der Waals surface area (Å²) in [5.74, 6) is 0.950. The number of ether oxygens (including phenoxy) is 1. The van der Waals surface area contributed by atoms with E-state index >= 15 is 0 Å². The van der Waals surface area contributed by atoms with E-state index in [4.69, 9.17) is 4.74 Å². The van der Waals surface area contributed by atoms with Crippen LogP contribution >= 0.6 is 0 Å². The van der Waals surface area contributed by atoms with Crippen molar-refractivity contribution in [2.24, 2.45) is 5.92 Å². The van der Waals surface area contributed by atoms with Crippen LogP contribution in [0.4, 0.5) is 0 Å². The van der Waals surface area contributed by atoms with Gasteiger partial charge < -0.3 is 23.7 Å². The van der Waals surface area contributed by atoms with E-state index in [0.717, 1.165) is 35.3 Å². The Morgan fingerprint density at radius 3 is 2.62 bits per heavy atom. The second kappa shape index (κ2) is 11.4. The van der Waals surface area contributed by atoms with E-state index in [2.05, 4.69) is 67.7 Å². The lowest BCUT2D eigenvalue weighted by Gasteiger charge is -2.33. The number of imidazole rings is 1. The summed E-state index contributed by atoms with van der Waals surface area (Å²) in [5, 5.41) is 2.31. The second-order valence-electron chi connectivity index (χ2n) is 11.3. The standard InChI is InChI=1S/C32H39N5O2/c1-34(16-17-39-2)32(38)31-22-36(21-30(31)29-9-5-7-25-6-3-4-8-28(25)29)20-27-18-33-23-37(27)26-12-14-35(15-13-26)19-24-10-11-24/h3-9,18,21-24,26H,10-17,19-20H2,1-2H3. The number of likely N-dealkylation sites (tertiary alicyclic amines) is 1. The molecule has 204 valence electrons. The smallest absolute Gasteiger partial charge is 0.255 e. The number of likely N-dealkylation sites (N-methyl/N-ethyl adjacent to an activating group) is 1. The number of carbonyl (C=O) groups is 1. The summed E-state index contributed by atoms with van der Waals surface area (Å²) in [4.78, 5) is 22.6. The van der Waals surface area contributed by atoms with Gasteiger partial charge in [-0.25, -0.2) is 4.98 Å². The molecule has 0 atom stereocenters. The molecule has 0 N–H and O–H groups in total. The fourth-order valence-corrected chi connectivity index (χ4v) is 6.00. The number of hydrogen-bond donors (Lipinski definition) is 0. The van der Waals surface area contributed by atoms with Crippen LogP contribution in [0.3, 0.4) is 0 Å². The number of fused-ring (bicyclic) bond motifs is 1. The van der Waals surface area contributed by atoms with Crippen LogP contribution < -0.4 is 0 Å². The minimum Gasteiger partial charge on any atom is -0.383 e. The van der Waals surface area contributed by atoms with E-state index in [9.17, 15) is 4.79 Å². The van der Waals surface area contributed by atoms with Crippen LogP contribution in [0.1, 0.15) is 47.8 Å². The van der Waals surface area contributed by atoms with Crippen molar-refractivity contribution in [3.63, 3.8) is 0 Å². The van der Waals surface area contributed by atoms with Gasteiger partial charge in [0.1, 0.15) is 0 Å². The first kappa shape index (κ1) is 25.8. The van der Waals surface area contributed by atoms with Gasteiger partial charge in [0.25, 0.3) is 5.91 Å². The van der Waals surface area contributed by atoms with Gasteiger partial charge in [-0.15, -0.1) is 0 Å². The van der Waals surface area contributed by atoms with Gasteiger partial charge in [0.05, 0.1) is 30.7 Å². The molecule has 0 radical (unpaired) electrons. The van der Waals surface area contributed by atoms with Crippen LogP contribution in [0.15, 0.2) is 67.4 Å². The molecular weight excluding hydrogens is 486 g/mol. The Bertz CT molecular complexity index is 1420. The van der Waals surface area contributed by atoms with Crippen LogP contribution in [0.25, 0.3) is 21.9 Å². The largest absolute Gasteiger partial charge is 0.383 e. The van der Waals surface area contributed by atoms with Gasteiger partial charge in [-0.05, 0) is 47.9 Å². The summed E-state index contributed by atoms with van der Waals surface area (Å²) in [6.45, 7) is 5.33. The minimum atomic E-state index is 0.00489. The highest BCUT2D eigenvalue weighted by Gasteiger charge is 2.28. The van der Waals surface area contributed by atoms with Gasteiger partial charge in [0.2, 0.25) is 0 Å². The van der Waals surface area contributed by atoms with Crippen molar-refractivity contribution in [1.29, 1.82) is 0 Å². The van der Waals surface area contributed by atoms with Gasteiger partial charge in [-0.3, -0.25) is 4.79 Å². The van der Waals surface area contributed by atoms with E-state index in [0.29, 0.717) is 31.3 Å². The number of piperidine rings is 1. The quantitative estimate of drug-likeness (QED) is 0.281. The molecule has 3 heterocycles. The SMILES string of the molecule is COCCN(C)C(=O)c1cn(Cc2cncn2C2CCN(CC3CC3)CC2)cc1-c1cccc2ccccc12. The maximum atomic E-state index is 13.7. The molecule has 0 bridgehead atoms. The first-order valence-electron chi connectivity index (χ1n) is 14.3. The van der Waals surface area contributed by atoms with Crippen LogP contribution in [0, 0.1) is 5.92 Å². The number of nitrogens with zero attached hydrogens (tertiary/aromatic N) is 5. The average Bonchev–Trinajstić information content (AvgIpc) is 3.50. The first-order valence-corrected chi connectivity index (χ1v) is 14.3. The molecule has 0 unspecified atom stereocenters. The zero-order chi connectivity index (χ0) is 26.8. The molecule has 7 nitrogen and oxygen atoms in total. The van der Waals surface area contributed by atoms with Crippen LogP contribution in [0.5, 0.6) is 0 Å². The summed E-state index contributed by atoms with van der Waals surface area (Å²) < 4.78 is 9.76. The van der Waals surface area contributed by atoms with Crippen LogP contribution in [0.2, 0.25) is 0 Å². The highest BCUT2D eigenvalue weighted by molar-refractivity contribution is 6.05. The van der Waals surface area contributed by atoms with Gasteiger partial charge in [0.15, 0.2) is 0 Å². The summed E-state index contributed by atoms with van der Waals surface area (Å²) in [7, 11) is 3.51. The number of amides is 1. The van der Waals surface area contributed by atoms with Crippen molar-refractivity contribution >= 4 is 16.7 Å². The molecule has 2 aromatic heterocycles. The molecule has 1 aliphatic carbocycles. The van der Waals surface area contributed by atoms with Crippen LogP contribution in [-0.2, 0) is 11.3 Å². The summed E-state index contributed by atoms with van der Waals surface area (Å²) >= 11 is 0. The van der Waals surface area contributed by atoms with E-state index in [1.165, 1.54) is 43.6 Å². The Hall–Kier alpha value is -3.42. The molecule has 1 amide bonds. The van der Waals surface area contributed by atoms with E-state index in [-0.39, 0.29) is 5.91 Å². The average molecular weight is 526 g/mol. The van der Waals surface area contributed by atoms with Crippen molar-refractivity contribution < 1.29 is 9.53 Å². The Morgan fingerprint density at radius 1 is 1.03 bits per heavy atom. The van der Waals surface area contributed by atoms with E-state index in [1.54, 1.807) is 12.0 Å². The monoisotopic (exact) mass is 525 g/mol. The topological polar surface area (TPSA) is 55.5 Å². The zero-order valence-electron chi connectivity index (χ0n) is 23.1. The van der Waals surface area contributed by atoms with Crippen molar-refractivity contribution in [2.75, 3.05) is 46.9 Å². The molecule has 1 aliphatic heterocycles. The van der Waals surface area contributed by atoms with E-state index in [1.807, 2.05) is 25.8 Å². The molecule has 6 rings (SSSR count). The summed E-state index contributed by atoms with van der Waals surface area (Å²) in [5.41, 5.74) is 3.93. The number of carbonyl (C=O) groups excluding carboxylic acids is 1. The van der Waals surface area contributed by atoms with Crippen LogP contribution in [-0.4, -0.2) is 76.8 Å². The maximum absolute atomic E-state index is 13.7. The normalized spacial score (nSPS) is 16.7. The fourth-order valence-electron chi connectivity index (χ4n) is 6.00. The molecule has 1 saturated heterocycles. The second-order valence-corrected chi connectivity index (χ2v) is 11.3. The number of hydrogen-bond acceptors (Lipinski definition) is 4. The molecule has 2 aromatic carbocycles. The molecule has 0 spiro atoms. The molecule has 39 heavy (non-hydrogen) atoms. The summed E-state index contributed by atoms with van der Waals surface area (Å²) in [6.07, 6.45) is 13.3. The van der Waals surface area contributed by atoms with E-state index < -0.39 is 0 Å². The third kappa shape index (κ3) is 5.65. The minimum absolute atomic E-state index is 0.00489.